The standard InChI is InChI=1S/C27H24F2N4O2.ClH/c28-22-13-12-20(16-23(22)29)35-27-21(5-3-15-30-27)26(34)32-19-10-8-18(9-11-19)31-25-14-7-17-4-1-2-6-24(17)33-25;/h1-7,12-16,18-19H,8-11H2,(H,31,33)(H,32,34);1H/t18-,19+;. The molecule has 2 aromatic carbocycles. The minimum Gasteiger partial charge on any atom is -0.438 e. The second-order valence-corrected chi connectivity index (χ2v) is 8.59. The van der Waals surface area contributed by atoms with E-state index in [2.05, 4.69) is 26.7 Å². The van der Waals surface area contributed by atoms with E-state index < -0.39 is 11.6 Å². The molecular formula is C27H25ClF2N4O2. The van der Waals surface area contributed by atoms with Gasteiger partial charge in [0.25, 0.3) is 5.91 Å². The van der Waals surface area contributed by atoms with E-state index in [9.17, 15) is 13.6 Å². The fourth-order valence-corrected chi connectivity index (χ4v) is 4.30. The molecule has 0 radical (unpaired) electrons. The molecule has 2 N–H and O–H groups in total. The van der Waals surface area contributed by atoms with E-state index in [1.165, 1.54) is 12.3 Å². The molecule has 1 aliphatic rings. The fourth-order valence-electron chi connectivity index (χ4n) is 4.30. The van der Waals surface area contributed by atoms with Gasteiger partial charge in [-0.05, 0) is 68.1 Å². The lowest BCUT2D eigenvalue weighted by Crippen LogP contribution is -2.40. The Labute approximate surface area is 213 Å². The van der Waals surface area contributed by atoms with E-state index in [1.54, 1.807) is 12.1 Å². The highest BCUT2D eigenvalue weighted by atomic mass is 35.5. The molecule has 186 valence electrons. The first-order valence-electron chi connectivity index (χ1n) is 11.6. The van der Waals surface area contributed by atoms with Gasteiger partial charge in [0.2, 0.25) is 5.88 Å². The zero-order chi connectivity index (χ0) is 24.2. The van der Waals surface area contributed by atoms with Crippen molar-refractivity contribution in [3.63, 3.8) is 0 Å². The molecule has 0 unspecified atom stereocenters. The zero-order valence-electron chi connectivity index (χ0n) is 19.3. The second-order valence-electron chi connectivity index (χ2n) is 8.59. The lowest BCUT2D eigenvalue weighted by atomic mass is 9.91. The number of nitrogens with zero attached hydrogens (tertiary/aromatic N) is 2. The van der Waals surface area contributed by atoms with Gasteiger partial charge in [-0.3, -0.25) is 4.79 Å². The first kappa shape index (κ1) is 25.3. The van der Waals surface area contributed by atoms with Gasteiger partial charge in [0, 0.05) is 29.7 Å². The molecular weight excluding hydrogens is 486 g/mol. The maximum absolute atomic E-state index is 13.5. The van der Waals surface area contributed by atoms with Gasteiger partial charge in [-0.15, -0.1) is 12.4 Å². The maximum Gasteiger partial charge on any atom is 0.257 e. The molecule has 1 aliphatic carbocycles. The number of carbonyl (C=O) groups is 1. The number of para-hydroxylation sites is 1. The topological polar surface area (TPSA) is 76.1 Å². The molecule has 1 fully saturated rings. The van der Waals surface area contributed by atoms with Crippen molar-refractivity contribution in [1.29, 1.82) is 0 Å². The SMILES string of the molecule is Cl.O=C(N[C@H]1CC[C@@H](Nc2ccc3ccccc3n2)CC1)c1cccnc1Oc1ccc(F)c(F)c1. The van der Waals surface area contributed by atoms with Crippen LogP contribution in [0.5, 0.6) is 11.6 Å². The lowest BCUT2D eigenvalue weighted by molar-refractivity contribution is 0.0923. The Balaban J connectivity index is 0.00000304. The predicted molar refractivity (Wildman–Crippen MR) is 137 cm³/mol. The third kappa shape index (κ3) is 5.88. The molecule has 6 nitrogen and oxygen atoms in total. The van der Waals surface area contributed by atoms with Crippen LogP contribution in [0.1, 0.15) is 36.0 Å². The number of benzene rings is 2. The van der Waals surface area contributed by atoms with Crippen LogP contribution in [0, 0.1) is 11.6 Å². The molecule has 4 aromatic rings. The third-order valence-corrected chi connectivity index (χ3v) is 6.13. The van der Waals surface area contributed by atoms with Gasteiger partial charge in [0.05, 0.1) is 5.52 Å². The van der Waals surface area contributed by atoms with Gasteiger partial charge in [0.15, 0.2) is 11.6 Å². The molecule has 36 heavy (non-hydrogen) atoms. The van der Waals surface area contributed by atoms with E-state index in [0.717, 1.165) is 54.5 Å². The molecule has 0 saturated heterocycles. The number of rotatable bonds is 6. The number of hydrogen-bond acceptors (Lipinski definition) is 5. The summed E-state index contributed by atoms with van der Waals surface area (Å²) in [4.78, 5) is 21.7. The largest absolute Gasteiger partial charge is 0.438 e. The van der Waals surface area contributed by atoms with Gasteiger partial charge in [-0.1, -0.05) is 18.2 Å². The number of hydrogen-bond donors (Lipinski definition) is 2. The summed E-state index contributed by atoms with van der Waals surface area (Å²) in [6, 6.07) is 18.7. The smallest absolute Gasteiger partial charge is 0.257 e. The highest BCUT2D eigenvalue weighted by Crippen LogP contribution is 2.26. The van der Waals surface area contributed by atoms with Gasteiger partial charge >= 0.3 is 0 Å². The summed E-state index contributed by atoms with van der Waals surface area (Å²) in [6.45, 7) is 0. The van der Waals surface area contributed by atoms with Crippen LogP contribution in [0.25, 0.3) is 10.9 Å². The van der Waals surface area contributed by atoms with Crippen LogP contribution >= 0.6 is 12.4 Å². The highest BCUT2D eigenvalue weighted by molar-refractivity contribution is 5.96. The number of halogens is 3. The number of nitrogens with one attached hydrogen (secondary N) is 2. The van der Waals surface area contributed by atoms with Gasteiger partial charge in [-0.2, -0.15) is 0 Å². The number of amides is 1. The number of pyridine rings is 2. The summed E-state index contributed by atoms with van der Waals surface area (Å²) >= 11 is 0. The maximum atomic E-state index is 13.5. The summed E-state index contributed by atoms with van der Waals surface area (Å²) in [7, 11) is 0. The molecule has 0 atom stereocenters. The Morgan fingerprint density at radius 3 is 2.47 bits per heavy atom. The van der Waals surface area contributed by atoms with Crippen molar-refractivity contribution < 1.29 is 18.3 Å². The summed E-state index contributed by atoms with van der Waals surface area (Å²) in [5, 5.41) is 7.67. The fraction of sp³-hybridized carbons (Fsp3) is 0.222. The lowest BCUT2D eigenvalue weighted by Gasteiger charge is -2.30. The van der Waals surface area contributed by atoms with Crippen LogP contribution in [0.15, 0.2) is 72.9 Å². The van der Waals surface area contributed by atoms with E-state index >= 15 is 0 Å². The summed E-state index contributed by atoms with van der Waals surface area (Å²) < 4.78 is 32.3. The van der Waals surface area contributed by atoms with Crippen molar-refractivity contribution in [2.24, 2.45) is 0 Å². The normalized spacial score (nSPS) is 17.2. The Bertz CT molecular complexity index is 1360. The molecule has 5 rings (SSSR count). The molecule has 0 aliphatic heterocycles. The third-order valence-electron chi connectivity index (χ3n) is 6.13. The number of anilines is 1. The predicted octanol–water partition coefficient (Wildman–Crippen LogP) is 6.28. The number of aromatic nitrogens is 2. The van der Waals surface area contributed by atoms with Crippen molar-refractivity contribution >= 4 is 35.0 Å². The van der Waals surface area contributed by atoms with E-state index in [4.69, 9.17) is 4.74 Å². The average molecular weight is 511 g/mol. The minimum atomic E-state index is -1.03. The van der Waals surface area contributed by atoms with Crippen molar-refractivity contribution in [3.8, 4) is 11.6 Å². The summed E-state index contributed by atoms with van der Waals surface area (Å²) in [5.41, 5.74) is 1.19. The first-order valence-corrected chi connectivity index (χ1v) is 11.6. The Hall–Kier alpha value is -3.78. The van der Waals surface area contributed by atoms with Crippen LogP contribution in [0.2, 0.25) is 0 Å². The number of ether oxygens (including phenoxy) is 1. The van der Waals surface area contributed by atoms with Gasteiger partial charge in [-0.25, -0.2) is 18.7 Å². The first-order chi connectivity index (χ1) is 17.0. The molecule has 2 heterocycles. The number of fused-ring (bicyclic) bond motifs is 1. The molecule has 0 spiro atoms. The Morgan fingerprint density at radius 1 is 0.889 bits per heavy atom. The van der Waals surface area contributed by atoms with Crippen LogP contribution in [-0.2, 0) is 0 Å². The van der Waals surface area contributed by atoms with Crippen LogP contribution < -0.4 is 15.4 Å². The molecule has 2 aromatic heterocycles. The number of carbonyl (C=O) groups excluding carboxylic acids is 1. The minimum absolute atomic E-state index is 0. The molecule has 1 amide bonds. The van der Waals surface area contributed by atoms with Crippen LogP contribution in [0.3, 0.4) is 0 Å². The second kappa shape index (κ2) is 11.3. The summed E-state index contributed by atoms with van der Waals surface area (Å²) in [5.74, 6) is -1.38. The van der Waals surface area contributed by atoms with Crippen molar-refractivity contribution in [2.45, 2.75) is 37.8 Å². The summed E-state index contributed by atoms with van der Waals surface area (Å²) in [6.07, 6.45) is 4.90. The zero-order valence-corrected chi connectivity index (χ0v) is 20.1. The Morgan fingerprint density at radius 2 is 1.67 bits per heavy atom. The van der Waals surface area contributed by atoms with E-state index in [1.807, 2.05) is 30.3 Å². The highest BCUT2D eigenvalue weighted by Gasteiger charge is 2.24. The van der Waals surface area contributed by atoms with Crippen molar-refractivity contribution in [3.05, 3.63) is 90.1 Å². The van der Waals surface area contributed by atoms with Crippen molar-refractivity contribution in [2.75, 3.05) is 5.32 Å². The van der Waals surface area contributed by atoms with Gasteiger partial charge < -0.3 is 15.4 Å². The monoisotopic (exact) mass is 510 g/mol. The van der Waals surface area contributed by atoms with Gasteiger partial charge in [0.1, 0.15) is 17.1 Å². The Kier molecular flexibility index (Phi) is 7.95. The van der Waals surface area contributed by atoms with Crippen molar-refractivity contribution in [1.82, 2.24) is 15.3 Å². The molecule has 0 bridgehead atoms. The quantitative estimate of drug-likeness (QED) is 0.319. The molecule has 9 heteroatoms. The van der Waals surface area contributed by atoms with Crippen LogP contribution in [0.4, 0.5) is 14.6 Å². The van der Waals surface area contributed by atoms with Crippen LogP contribution in [-0.4, -0.2) is 28.0 Å². The van der Waals surface area contributed by atoms with E-state index in [0.29, 0.717) is 0 Å². The molecule has 1 saturated carbocycles. The average Bonchev–Trinajstić information content (AvgIpc) is 2.88. The van der Waals surface area contributed by atoms with E-state index in [-0.39, 0.29) is 47.6 Å².